The van der Waals surface area contributed by atoms with Crippen LogP contribution in [0, 0.1) is 36.1 Å². The van der Waals surface area contributed by atoms with Crippen molar-refractivity contribution in [3.8, 4) is 36.1 Å². The Balaban J connectivity index is 0. The summed E-state index contributed by atoms with van der Waals surface area (Å²) in [5.41, 5.74) is 1.44. The van der Waals surface area contributed by atoms with Crippen molar-refractivity contribution in [2.24, 2.45) is 0 Å². The number of halogens is 3. The van der Waals surface area contributed by atoms with Crippen LogP contribution in [0.5, 0.6) is 0 Å². The number of nitrogens with zero attached hydrogens (tertiary/aromatic N) is 5. The molecule has 3 heterocycles. The lowest BCUT2D eigenvalue weighted by Gasteiger charge is -2.18. The van der Waals surface area contributed by atoms with Gasteiger partial charge in [-0.2, -0.15) is 0 Å². The minimum absolute atomic E-state index is 0. The van der Waals surface area contributed by atoms with Crippen LogP contribution in [0.4, 0.5) is 0 Å². The SMILES string of the molecule is C#CC#CC#CN1C=CN(C=C)C1.C=CN1C=CN(CCCCCCCCCCCCc2ccn(C=C)c2)C1.[Br-].[Br-].[Cl-]. The van der Waals surface area contributed by atoms with Crippen LogP contribution in [0.1, 0.15) is 69.8 Å². The molecule has 0 N–H and O–H groups in total. The molecule has 0 saturated heterocycles. The van der Waals surface area contributed by atoms with E-state index in [2.05, 4.69) is 90.1 Å². The third-order valence-electron chi connectivity index (χ3n) is 6.58. The lowest BCUT2D eigenvalue weighted by Crippen LogP contribution is -3.00. The first-order valence-corrected chi connectivity index (χ1v) is 14.1. The first-order chi connectivity index (χ1) is 19.2. The summed E-state index contributed by atoms with van der Waals surface area (Å²) < 4.78 is 2.03. The molecule has 8 heteroatoms. The molecule has 2 aliphatic heterocycles. The topological polar surface area (TPSA) is 17.9 Å². The van der Waals surface area contributed by atoms with Gasteiger partial charge in [-0.1, -0.05) is 71.1 Å². The van der Waals surface area contributed by atoms with Crippen molar-refractivity contribution in [2.75, 3.05) is 19.9 Å². The van der Waals surface area contributed by atoms with E-state index in [1.807, 2.05) is 34.3 Å². The van der Waals surface area contributed by atoms with E-state index in [1.165, 1.54) is 82.7 Å². The van der Waals surface area contributed by atoms with Gasteiger partial charge in [0.25, 0.3) is 0 Å². The molecule has 1 aromatic rings. The highest BCUT2D eigenvalue weighted by atomic mass is 79.9. The van der Waals surface area contributed by atoms with E-state index >= 15 is 0 Å². The molecule has 3 rings (SSSR count). The van der Waals surface area contributed by atoms with Crippen molar-refractivity contribution in [2.45, 2.75) is 70.6 Å². The van der Waals surface area contributed by atoms with Crippen LogP contribution in [-0.4, -0.2) is 44.0 Å². The summed E-state index contributed by atoms with van der Waals surface area (Å²) in [7, 11) is 0. The van der Waals surface area contributed by atoms with Gasteiger partial charge in [0, 0.05) is 67.8 Å². The average Bonchev–Trinajstić information content (AvgIpc) is 3.73. The number of hydrogen-bond donors (Lipinski definition) is 0. The summed E-state index contributed by atoms with van der Waals surface area (Å²) in [5.74, 6) is 9.76. The minimum atomic E-state index is 0. The molecule has 0 saturated carbocycles. The molecule has 0 amide bonds. The molecule has 42 heavy (non-hydrogen) atoms. The van der Waals surface area contributed by atoms with Gasteiger partial charge in [0.15, 0.2) is 0 Å². The summed E-state index contributed by atoms with van der Waals surface area (Å²) in [6, 6.07) is 5.02. The standard InChI is InChI=1S/C23H37N3.C11H8N2.2BrH.ClH/c1-3-24-18-16-23(21-24)15-13-11-9-7-5-6-8-10-12-14-17-26-20-19-25(4-2)22-26;1-3-5-6-7-8-13-10-9-12(4-2)11-13;;;/h3-4,16,18-21H,1-2,5-15,17,22H2;1,4,9-10H,2,11H2;3*1H/p-3. The van der Waals surface area contributed by atoms with Crippen molar-refractivity contribution in [3.05, 3.63) is 81.0 Å². The molecular weight excluding hydrogens is 674 g/mol. The van der Waals surface area contributed by atoms with Crippen LogP contribution in [0.2, 0.25) is 0 Å². The van der Waals surface area contributed by atoms with Crippen molar-refractivity contribution < 1.29 is 46.4 Å². The maximum absolute atomic E-state index is 4.93. The van der Waals surface area contributed by atoms with Crippen molar-refractivity contribution in [1.82, 2.24) is 24.2 Å². The van der Waals surface area contributed by atoms with E-state index in [0.29, 0.717) is 6.67 Å². The number of aromatic nitrogens is 1. The van der Waals surface area contributed by atoms with Crippen LogP contribution in [0.15, 0.2) is 75.4 Å². The zero-order valence-electron chi connectivity index (χ0n) is 24.7. The van der Waals surface area contributed by atoms with Gasteiger partial charge < -0.3 is 65.6 Å². The van der Waals surface area contributed by atoms with E-state index in [4.69, 9.17) is 6.42 Å². The molecule has 2 aliphatic rings. The molecule has 230 valence electrons. The third kappa shape index (κ3) is 18.5. The van der Waals surface area contributed by atoms with Crippen LogP contribution >= 0.6 is 0 Å². The minimum Gasteiger partial charge on any atom is -1.00 e. The molecule has 5 nitrogen and oxygen atoms in total. The summed E-state index contributed by atoms with van der Waals surface area (Å²) >= 11 is 0. The van der Waals surface area contributed by atoms with E-state index in [1.54, 1.807) is 11.1 Å². The fourth-order valence-corrected chi connectivity index (χ4v) is 4.32. The van der Waals surface area contributed by atoms with E-state index in [-0.39, 0.29) is 46.4 Å². The molecular formula is C34H45Br2ClN5-3. The van der Waals surface area contributed by atoms with E-state index < -0.39 is 0 Å². The Kier molecular flexibility index (Phi) is 26.5. The Morgan fingerprint density at radius 1 is 0.714 bits per heavy atom. The van der Waals surface area contributed by atoms with E-state index in [0.717, 1.165) is 6.67 Å². The first kappa shape index (κ1) is 41.2. The number of terminal acetylenes is 1. The molecule has 1 aromatic heterocycles. The fourth-order valence-electron chi connectivity index (χ4n) is 4.32. The van der Waals surface area contributed by atoms with Gasteiger partial charge in [-0.3, -0.25) is 4.90 Å². The third-order valence-corrected chi connectivity index (χ3v) is 6.58. The number of rotatable bonds is 16. The first-order valence-electron chi connectivity index (χ1n) is 14.1. The quantitative estimate of drug-likeness (QED) is 0.146. The molecule has 0 radical (unpaired) electrons. The highest BCUT2D eigenvalue weighted by molar-refractivity contribution is 5.34. The van der Waals surface area contributed by atoms with Gasteiger partial charge in [-0.05, 0) is 55.1 Å². The lowest BCUT2D eigenvalue weighted by molar-refractivity contribution is -0.00100. The molecule has 0 fully saturated rings. The van der Waals surface area contributed by atoms with Crippen molar-refractivity contribution in [3.63, 3.8) is 0 Å². The van der Waals surface area contributed by atoms with Crippen LogP contribution in [0.3, 0.4) is 0 Å². The van der Waals surface area contributed by atoms with Crippen LogP contribution in [0.25, 0.3) is 6.20 Å². The average molecular weight is 719 g/mol. The zero-order valence-corrected chi connectivity index (χ0v) is 28.7. The van der Waals surface area contributed by atoms with Gasteiger partial charge in [-0.25, -0.2) is 0 Å². The number of unbranched alkanes of at least 4 members (excludes halogenated alkanes) is 9. The van der Waals surface area contributed by atoms with Crippen molar-refractivity contribution >= 4 is 6.20 Å². The summed E-state index contributed by atoms with van der Waals surface area (Å²) in [4.78, 5) is 8.20. The Bertz CT molecular complexity index is 1110. The Morgan fingerprint density at radius 2 is 1.31 bits per heavy atom. The monoisotopic (exact) mass is 716 g/mol. The van der Waals surface area contributed by atoms with Gasteiger partial charge in [-0.15, -0.1) is 6.42 Å². The van der Waals surface area contributed by atoms with Gasteiger partial charge in [0.2, 0.25) is 0 Å². The molecule has 0 atom stereocenters. The van der Waals surface area contributed by atoms with Crippen LogP contribution < -0.4 is 46.4 Å². The van der Waals surface area contributed by atoms with Gasteiger partial charge >= 0.3 is 0 Å². The second-order valence-corrected chi connectivity index (χ2v) is 9.62. The summed E-state index contributed by atoms with van der Waals surface area (Å²) in [6.07, 6.45) is 37.7. The lowest BCUT2D eigenvalue weighted by atomic mass is 10.0. The Hall–Kier alpha value is -2.89. The fraction of sp³-hybridized carbons (Fsp3) is 0.412. The number of hydrogen-bond acceptors (Lipinski definition) is 4. The van der Waals surface area contributed by atoms with Gasteiger partial charge in [0.1, 0.15) is 6.67 Å². The maximum atomic E-state index is 4.93. The predicted octanol–water partition coefficient (Wildman–Crippen LogP) is -1.99. The molecule has 0 bridgehead atoms. The number of aryl methyl sites for hydroxylation is 1. The van der Waals surface area contributed by atoms with Crippen molar-refractivity contribution in [1.29, 1.82) is 0 Å². The Labute approximate surface area is 283 Å². The highest BCUT2D eigenvalue weighted by Crippen LogP contribution is 2.14. The maximum Gasteiger partial charge on any atom is 0.106 e. The molecule has 0 aromatic carbocycles. The second-order valence-electron chi connectivity index (χ2n) is 9.62. The van der Waals surface area contributed by atoms with Gasteiger partial charge in [0.05, 0.1) is 6.67 Å². The molecule has 0 unspecified atom stereocenters. The second kappa shape index (κ2) is 27.0. The predicted molar refractivity (Wildman–Crippen MR) is 166 cm³/mol. The van der Waals surface area contributed by atoms with E-state index in [9.17, 15) is 0 Å². The van der Waals surface area contributed by atoms with Crippen LogP contribution in [-0.2, 0) is 6.42 Å². The summed E-state index contributed by atoms with van der Waals surface area (Å²) in [6.45, 7) is 14.1. The molecule has 0 spiro atoms. The largest absolute Gasteiger partial charge is 1.00 e. The summed E-state index contributed by atoms with van der Waals surface area (Å²) in [5, 5.41) is 0. The normalized spacial score (nSPS) is 12.2. The zero-order chi connectivity index (χ0) is 28.0. The Morgan fingerprint density at radius 3 is 1.86 bits per heavy atom. The smallest absolute Gasteiger partial charge is 0.106 e. The molecule has 0 aliphatic carbocycles. The highest BCUT2D eigenvalue weighted by Gasteiger charge is 2.08.